The number of H-pyrrole nitrogens is 1. The predicted molar refractivity (Wildman–Crippen MR) is 98.3 cm³/mol. The van der Waals surface area contributed by atoms with Gasteiger partial charge in [-0.2, -0.15) is 0 Å². The molecule has 3 rings (SSSR count). The summed E-state index contributed by atoms with van der Waals surface area (Å²) in [5.41, 5.74) is 6.34. The summed E-state index contributed by atoms with van der Waals surface area (Å²) in [6.07, 6.45) is 2.93. The first-order valence-corrected chi connectivity index (χ1v) is 7.53. The van der Waals surface area contributed by atoms with E-state index in [4.69, 9.17) is 18.0 Å². The van der Waals surface area contributed by atoms with Crippen molar-refractivity contribution < 1.29 is 9.85 Å². The summed E-state index contributed by atoms with van der Waals surface area (Å²) in [7, 11) is 0. The van der Waals surface area contributed by atoms with Crippen molar-refractivity contribution in [2.75, 3.05) is 0 Å². The summed E-state index contributed by atoms with van der Waals surface area (Å²) in [6.45, 7) is 0. The molecule has 0 radical (unpaired) electrons. The van der Waals surface area contributed by atoms with Gasteiger partial charge in [-0.05, 0) is 24.3 Å². The molecule has 1 aromatic carbocycles. The summed E-state index contributed by atoms with van der Waals surface area (Å²) < 4.78 is 0. The molecule has 0 unspecified atom stereocenters. The molecule has 11 heteroatoms. The highest BCUT2D eigenvalue weighted by molar-refractivity contribution is 7.81. The molecular formula is C15H10N6O4S. The van der Waals surface area contributed by atoms with Gasteiger partial charge in [0.05, 0.1) is 32.6 Å². The van der Waals surface area contributed by atoms with Crippen LogP contribution >= 0.6 is 12.2 Å². The van der Waals surface area contributed by atoms with E-state index in [-0.39, 0.29) is 16.1 Å². The van der Waals surface area contributed by atoms with E-state index < -0.39 is 21.2 Å². The number of thiocarbonyl (C=S) groups is 1. The van der Waals surface area contributed by atoms with E-state index in [1.807, 2.05) is 0 Å². The number of nitrogens with two attached hydrogens (primary N) is 1. The van der Waals surface area contributed by atoms with E-state index in [1.165, 1.54) is 12.1 Å². The Hall–Kier alpha value is -3.73. The Kier molecular flexibility index (Phi) is 4.37. The maximum absolute atomic E-state index is 11.3. The van der Waals surface area contributed by atoms with E-state index in [2.05, 4.69) is 15.0 Å². The van der Waals surface area contributed by atoms with E-state index in [0.717, 1.165) is 12.1 Å². The SMILES string of the molecule is NC(=S)/C(=C/c1ccc([N+](=O)[O-])cc1[N+](=O)[O-])c1nc2ncccc2[nH]1. The van der Waals surface area contributed by atoms with Crippen molar-refractivity contribution in [1.82, 2.24) is 15.0 Å². The Morgan fingerprint density at radius 1 is 1.23 bits per heavy atom. The van der Waals surface area contributed by atoms with Gasteiger partial charge in [-0.3, -0.25) is 20.2 Å². The molecular weight excluding hydrogens is 360 g/mol. The maximum atomic E-state index is 11.3. The number of nitrogens with zero attached hydrogens (tertiary/aromatic N) is 4. The molecule has 0 saturated carbocycles. The van der Waals surface area contributed by atoms with Crippen LogP contribution < -0.4 is 5.73 Å². The number of hydrogen-bond donors (Lipinski definition) is 2. The summed E-state index contributed by atoms with van der Waals surface area (Å²) in [5.74, 6) is 0.291. The number of hydrogen-bond acceptors (Lipinski definition) is 7. The molecule has 2 heterocycles. The van der Waals surface area contributed by atoms with Crippen molar-refractivity contribution in [3.8, 4) is 0 Å². The fourth-order valence-corrected chi connectivity index (χ4v) is 2.47. The van der Waals surface area contributed by atoms with Crippen molar-refractivity contribution in [2.45, 2.75) is 0 Å². The lowest BCUT2D eigenvalue weighted by Crippen LogP contribution is -2.11. The predicted octanol–water partition coefficient (Wildman–Crippen LogP) is 2.60. The number of nitro groups is 2. The van der Waals surface area contributed by atoms with Crippen molar-refractivity contribution in [3.63, 3.8) is 0 Å². The van der Waals surface area contributed by atoms with Crippen LogP contribution in [0.4, 0.5) is 11.4 Å². The highest BCUT2D eigenvalue weighted by Gasteiger charge is 2.20. The second kappa shape index (κ2) is 6.64. The number of imidazole rings is 1. The third kappa shape index (κ3) is 3.23. The molecule has 0 atom stereocenters. The third-order valence-electron chi connectivity index (χ3n) is 3.50. The first-order chi connectivity index (χ1) is 12.4. The summed E-state index contributed by atoms with van der Waals surface area (Å²) in [6, 6.07) is 6.77. The number of nitrogens with one attached hydrogen (secondary N) is 1. The van der Waals surface area contributed by atoms with Crippen LogP contribution in [0.15, 0.2) is 36.5 Å². The number of pyridine rings is 1. The highest BCUT2D eigenvalue weighted by Crippen LogP contribution is 2.28. The van der Waals surface area contributed by atoms with Crippen LogP contribution in [0.2, 0.25) is 0 Å². The summed E-state index contributed by atoms with van der Waals surface area (Å²) >= 11 is 5.03. The maximum Gasteiger partial charge on any atom is 0.283 e. The first kappa shape index (κ1) is 17.1. The van der Waals surface area contributed by atoms with Crippen molar-refractivity contribution in [3.05, 3.63) is 68.1 Å². The lowest BCUT2D eigenvalue weighted by molar-refractivity contribution is -0.394. The normalized spacial score (nSPS) is 11.5. The molecule has 3 N–H and O–H groups in total. The average Bonchev–Trinajstić information content (AvgIpc) is 3.02. The molecule has 0 aliphatic carbocycles. The molecule has 3 aromatic rings. The molecule has 2 aromatic heterocycles. The number of fused-ring (bicyclic) bond motifs is 1. The van der Waals surface area contributed by atoms with Gasteiger partial charge in [0, 0.05) is 12.3 Å². The second-order valence-electron chi connectivity index (χ2n) is 5.14. The van der Waals surface area contributed by atoms with Gasteiger partial charge in [-0.25, -0.2) is 9.97 Å². The molecule has 26 heavy (non-hydrogen) atoms. The molecule has 0 aliphatic heterocycles. The minimum atomic E-state index is -0.712. The molecule has 0 amide bonds. The van der Waals surface area contributed by atoms with Crippen LogP contribution in [-0.2, 0) is 0 Å². The second-order valence-corrected chi connectivity index (χ2v) is 5.58. The van der Waals surface area contributed by atoms with Gasteiger partial charge in [0.2, 0.25) is 0 Å². The van der Waals surface area contributed by atoms with Crippen LogP contribution in [0.5, 0.6) is 0 Å². The van der Waals surface area contributed by atoms with E-state index in [1.54, 1.807) is 18.3 Å². The van der Waals surface area contributed by atoms with Crippen LogP contribution in [-0.4, -0.2) is 29.8 Å². The van der Waals surface area contributed by atoms with Crippen LogP contribution in [0.3, 0.4) is 0 Å². The van der Waals surface area contributed by atoms with E-state index >= 15 is 0 Å². The molecule has 0 fully saturated rings. The largest absolute Gasteiger partial charge is 0.389 e. The Morgan fingerprint density at radius 3 is 2.62 bits per heavy atom. The monoisotopic (exact) mass is 370 g/mol. The van der Waals surface area contributed by atoms with Gasteiger partial charge in [0.25, 0.3) is 11.4 Å². The Balaban J connectivity index is 2.17. The summed E-state index contributed by atoms with van der Waals surface area (Å²) in [4.78, 5) is 32.0. The minimum Gasteiger partial charge on any atom is -0.389 e. The highest BCUT2D eigenvalue weighted by atomic mass is 32.1. The van der Waals surface area contributed by atoms with Gasteiger partial charge in [0.15, 0.2) is 5.65 Å². The zero-order valence-electron chi connectivity index (χ0n) is 12.9. The number of benzene rings is 1. The minimum absolute atomic E-state index is 0.0447. The van der Waals surface area contributed by atoms with E-state index in [9.17, 15) is 20.2 Å². The molecule has 0 saturated heterocycles. The zero-order chi connectivity index (χ0) is 18.8. The van der Waals surface area contributed by atoms with Gasteiger partial charge in [-0.15, -0.1) is 0 Å². The van der Waals surface area contributed by atoms with Gasteiger partial charge < -0.3 is 10.7 Å². The first-order valence-electron chi connectivity index (χ1n) is 7.12. The van der Waals surface area contributed by atoms with Crippen LogP contribution in [0.25, 0.3) is 22.8 Å². The number of aromatic nitrogens is 3. The quantitative estimate of drug-likeness (QED) is 0.300. The zero-order valence-corrected chi connectivity index (χ0v) is 13.8. The smallest absolute Gasteiger partial charge is 0.283 e. The summed E-state index contributed by atoms with van der Waals surface area (Å²) in [5, 5.41) is 22.1. The molecule has 130 valence electrons. The lowest BCUT2D eigenvalue weighted by Gasteiger charge is -2.03. The fraction of sp³-hybridized carbons (Fsp3) is 0. The number of non-ortho nitro benzene ring substituents is 1. The number of aromatic amines is 1. The Morgan fingerprint density at radius 2 is 2.00 bits per heavy atom. The standard InChI is InChI=1S/C15H10N6O4S/c16-13(26)10(14-18-11-2-1-5-17-15(11)19-14)6-8-3-4-9(20(22)23)7-12(8)21(24)25/h1-7H,(H2,16,26)(H,17,18,19)/b10-6-. The van der Waals surface area contributed by atoms with Crippen molar-refractivity contribution >= 4 is 51.4 Å². The number of rotatable bonds is 5. The van der Waals surface area contributed by atoms with Crippen LogP contribution in [0.1, 0.15) is 11.4 Å². The average molecular weight is 370 g/mol. The van der Waals surface area contributed by atoms with Crippen molar-refractivity contribution in [1.29, 1.82) is 0 Å². The third-order valence-corrected chi connectivity index (χ3v) is 3.72. The van der Waals surface area contributed by atoms with E-state index in [0.29, 0.717) is 17.0 Å². The van der Waals surface area contributed by atoms with Crippen molar-refractivity contribution in [2.24, 2.45) is 5.73 Å². The molecule has 0 spiro atoms. The Labute approximate surface area is 150 Å². The van der Waals surface area contributed by atoms with Gasteiger partial charge in [0.1, 0.15) is 10.8 Å². The topological polar surface area (TPSA) is 154 Å². The fourth-order valence-electron chi connectivity index (χ4n) is 2.31. The Bertz CT molecular complexity index is 1060. The molecule has 0 bridgehead atoms. The van der Waals surface area contributed by atoms with Gasteiger partial charge >= 0.3 is 0 Å². The lowest BCUT2D eigenvalue weighted by atomic mass is 10.1. The molecule has 0 aliphatic rings. The van der Waals surface area contributed by atoms with Crippen LogP contribution in [0, 0.1) is 20.2 Å². The number of nitro benzene ring substituents is 2. The van der Waals surface area contributed by atoms with Gasteiger partial charge in [-0.1, -0.05) is 12.2 Å². The molecule has 10 nitrogen and oxygen atoms in total.